The molecule has 2 aromatic carbocycles. The van der Waals surface area contributed by atoms with Gasteiger partial charge >= 0.3 is 0 Å². The van der Waals surface area contributed by atoms with E-state index >= 15 is 0 Å². The molecule has 166 valence electrons. The van der Waals surface area contributed by atoms with Crippen molar-refractivity contribution in [3.05, 3.63) is 84.1 Å². The second-order valence-corrected chi connectivity index (χ2v) is 9.39. The van der Waals surface area contributed by atoms with Gasteiger partial charge in [-0.3, -0.25) is 9.52 Å². The van der Waals surface area contributed by atoms with Crippen LogP contribution >= 0.6 is 0 Å². The molecule has 0 unspecified atom stereocenters. The van der Waals surface area contributed by atoms with E-state index < -0.39 is 10.0 Å². The maximum Gasteiger partial charge on any atom is 0.261 e. The van der Waals surface area contributed by atoms with Gasteiger partial charge in [0.25, 0.3) is 15.9 Å². The van der Waals surface area contributed by atoms with E-state index in [0.717, 1.165) is 18.4 Å². The van der Waals surface area contributed by atoms with Crippen LogP contribution in [0.4, 0.5) is 5.69 Å². The normalized spacial score (nSPS) is 14.1. The predicted molar refractivity (Wildman–Crippen MR) is 122 cm³/mol. The highest BCUT2D eigenvalue weighted by atomic mass is 32.2. The molecule has 7 nitrogen and oxygen atoms in total. The lowest BCUT2D eigenvalue weighted by molar-refractivity contribution is 0.0950. The fourth-order valence-electron chi connectivity index (χ4n) is 3.59. The maximum absolute atomic E-state index is 12.5. The summed E-state index contributed by atoms with van der Waals surface area (Å²) in [4.78, 5) is 16.8. The largest absolute Gasteiger partial charge is 0.474 e. The Kier molecular flexibility index (Phi) is 6.70. The van der Waals surface area contributed by atoms with E-state index in [2.05, 4.69) is 15.0 Å². The summed E-state index contributed by atoms with van der Waals surface area (Å²) in [6.07, 6.45) is 6.36. The number of pyridine rings is 1. The van der Waals surface area contributed by atoms with Crippen LogP contribution in [0.3, 0.4) is 0 Å². The summed E-state index contributed by atoms with van der Waals surface area (Å²) in [7, 11) is -3.73. The lowest BCUT2D eigenvalue weighted by atomic mass is 10.2. The van der Waals surface area contributed by atoms with Crippen molar-refractivity contribution < 1.29 is 17.9 Å². The van der Waals surface area contributed by atoms with E-state index in [9.17, 15) is 13.2 Å². The first-order chi connectivity index (χ1) is 15.5. The zero-order valence-electron chi connectivity index (χ0n) is 17.5. The molecule has 4 rings (SSSR count). The second kappa shape index (κ2) is 9.82. The summed E-state index contributed by atoms with van der Waals surface area (Å²) in [6, 6.07) is 18.1. The molecule has 1 amide bonds. The Labute approximate surface area is 187 Å². The SMILES string of the molecule is O=C(NCc1ccnc(OC2CCCC2)c1)c1ccc(S(=O)(=O)Nc2ccccc2)cc1. The Bertz CT molecular complexity index is 1160. The number of amides is 1. The number of hydrogen-bond acceptors (Lipinski definition) is 5. The average Bonchev–Trinajstić information content (AvgIpc) is 3.31. The van der Waals surface area contributed by atoms with E-state index in [1.807, 2.05) is 12.1 Å². The fraction of sp³-hybridized carbons (Fsp3) is 0.250. The molecule has 0 saturated heterocycles. The second-order valence-electron chi connectivity index (χ2n) is 7.71. The van der Waals surface area contributed by atoms with Gasteiger partial charge in [-0.05, 0) is 73.7 Å². The molecule has 1 heterocycles. The molecule has 0 radical (unpaired) electrons. The molecule has 0 aliphatic heterocycles. The molecule has 1 aliphatic rings. The van der Waals surface area contributed by atoms with Crippen molar-refractivity contribution in [2.75, 3.05) is 4.72 Å². The zero-order valence-corrected chi connectivity index (χ0v) is 18.3. The molecular formula is C24H25N3O4S. The third-order valence-corrected chi connectivity index (χ3v) is 6.69. The fourth-order valence-corrected chi connectivity index (χ4v) is 4.65. The van der Waals surface area contributed by atoms with Crippen molar-refractivity contribution in [2.24, 2.45) is 0 Å². The van der Waals surface area contributed by atoms with Crippen LogP contribution in [0.5, 0.6) is 5.88 Å². The molecule has 32 heavy (non-hydrogen) atoms. The third kappa shape index (κ3) is 5.64. The molecule has 3 aromatic rings. The summed E-state index contributed by atoms with van der Waals surface area (Å²) in [5.74, 6) is 0.282. The zero-order chi connectivity index (χ0) is 22.4. The van der Waals surface area contributed by atoms with Crippen molar-refractivity contribution in [3.8, 4) is 5.88 Å². The van der Waals surface area contributed by atoms with Crippen LogP contribution in [-0.4, -0.2) is 25.4 Å². The van der Waals surface area contributed by atoms with Gasteiger partial charge in [0.05, 0.1) is 4.90 Å². The van der Waals surface area contributed by atoms with Gasteiger partial charge in [-0.1, -0.05) is 18.2 Å². The lowest BCUT2D eigenvalue weighted by Gasteiger charge is -2.13. The van der Waals surface area contributed by atoms with Crippen molar-refractivity contribution in [1.29, 1.82) is 0 Å². The monoisotopic (exact) mass is 451 g/mol. The number of carbonyl (C=O) groups excluding carboxylic acids is 1. The number of sulfonamides is 1. The Morgan fingerprint density at radius 1 is 1.00 bits per heavy atom. The minimum atomic E-state index is -3.73. The van der Waals surface area contributed by atoms with Crippen molar-refractivity contribution in [2.45, 2.75) is 43.2 Å². The molecule has 0 spiro atoms. The summed E-state index contributed by atoms with van der Waals surface area (Å²) in [5.41, 5.74) is 1.73. The predicted octanol–water partition coefficient (Wildman–Crippen LogP) is 4.13. The summed E-state index contributed by atoms with van der Waals surface area (Å²) >= 11 is 0. The Morgan fingerprint density at radius 2 is 1.72 bits per heavy atom. The first-order valence-electron chi connectivity index (χ1n) is 10.6. The number of aromatic nitrogens is 1. The average molecular weight is 452 g/mol. The molecule has 1 aliphatic carbocycles. The van der Waals surface area contributed by atoms with E-state index in [4.69, 9.17) is 4.74 Å². The highest BCUT2D eigenvalue weighted by molar-refractivity contribution is 7.92. The van der Waals surface area contributed by atoms with Crippen LogP contribution in [0.25, 0.3) is 0 Å². The highest BCUT2D eigenvalue weighted by Crippen LogP contribution is 2.23. The van der Waals surface area contributed by atoms with Crippen LogP contribution in [-0.2, 0) is 16.6 Å². The van der Waals surface area contributed by atoms with Crippen LogP contribution in [0.2, 0.25) is 0 Å². The van der Waals surface area contributed by atoms with Gasteiger partial charge in [-0.2, -0.15) is 0 Å². The quantitative estimate of drug-likeness (QED) is 0.537. The number of nitrogens with one attached hydrogen (secondary N) is 2. The molecule has 0 atom stereocenters. The minimum Gasteiger partial charge on any atom is -0.474 e. The number of anilines is 1. The van der Waals surface area contributed by atoms with Gasteiger partial charge in [0.15, 0.2) is 0 Å². The Hall–Kier alpha value is -3.39. The third-order valence-electron chi connectivity index (χ3n) is 5.29. The molecule has 2 N–H and O–H groups in total. The molecule has 1 saturated carbocycles. The van der Waals surface area contributed by atoms with E-state index in [1.165, 1.54) is 37.1 Å². The van der Waals surface area contributed by atoms with Crippen molar-refractivity contribution >= 4 is 21.6 Å². The van der Waals surface area contributed by atoms with Gasteiger partial charge in [0.2, 0.25) is 5.88 Å². The van der Waals surface area contributed by atoms with Crippen molar-refractivity contribution in [3.63, 3.8) is 0 Å². The van der Waals surface area contributed by atoms with Gasteiger partial charge in [-0.15, -0.1) is 0 Å². The van der Waals surface area contributed by atoms with Gasteiger partial charge in [-0.25, -0.2) is 13.4 Å². The van der Waals surface area contributed by atoms with E-state index in [0.29, 0.717) is 23.7 Å². The molecule has 1 fully saturated rings. The Balaban J connectivity index is 1.35. The van der Waals surface area contributed by atoms with Crippen LogP contribution in [0, 0.1) is 0 Å². The molecule has 0 bridgehead atoms. The van der Waals surface area contributed by atoms with Crippen molar-refractivity contribution in [1.82, 2.24) is 10.3 Å². The summed E-state index contributed by atoms with van der Waals surface area (Å²) < 4.78 is 33.5. The lowest BCUT2D eigenvalue weighted by Crippen LogP contribution is -2.23. The smallest absolute Gasteiger partial charge is 0.261 e. The first kappa shape index (κ1) is 21.8. The maximum atomic E-state index is 12.5. The van der Waals surface area contributed by atoms with Gasteiger partial charge in [0, 0.05) is 30.1 Å². The summed E-state index contributed by atoms with van der Waals surface area (Å²) in [6.45, 7) is 0.317. The number of nitrogens with zero attached hydrogens (tertiary/aromatic N) is 1. The minimum absolute atomic E-state index is 0.0840. The number of hydrogen-bond donors (Lipinski definition) is 2. The van der Waals surface area contributed by atoms with Gasteiger partial charge in [0.1, 0.15) is 6.10 Å². The van der Waals surface area contributed by atoms with E-state index in [-0.39, 0.29) is 16.9 Å². The number of para-hydroxylation sites is 1. The Morgan fingerprint density at radius 3 is 2.44 bits per heavy atom. The van der Waals surface area contributed by atoms with Crippen LogP contribution in [0.15, 0.2) is 77.8 Å². The van der Waals surface area contributed by atoms with Gasteiger partial charge < -0.3 is 10.1 Å². The van der Waals surface area contributed by atoms with E-state index in [1.54, 1.807) is 36.5 Å². The standard InChI is InChI=1S/C24H25N3O4S/c28-24(26-17-18-14-15-25-23(16-18)31-21-8-4-5-9-21)19-10-12-22(13-11-19)32(29,30)27-20-6-2-1-3-7-20/h1-3,6-7,10-16,21,27H,4-5,8-9,17H2,(H,26,28). The number of rotatable bonds is 8. The number of carbonyl (C=O) groups is 1. The van der Waals surface area contributed by atoms with Crippen LogP contribution in [0.1, 0.15) is 41.6 Å². The number of ether oxygens (including phenoxy) is 1. The topological polar surface area (TPSA) is 97.4 Å². The molecule has 8 heteroatoms. The first-order valence-corrected chi connectivity index (χ1v) is 12.1. The number of benzene rings is 2. The molecular weight excluding hydrogens is 426 g/mol. The highest BCUT2D eigenvalue weighted by Gasteiger charge is 2.17. The van der Waals surface area contributed by atoms with Crippen LogP contribution < -0.4 is 14.8 Å². The molecule has 1 aromatic heterocycles. The summed E-state index contributed by atoms with van der Waals surface area (Å²) in [5, 5.41) is 2.85.